The SMILES string of the molecule is CC(Oc1ccccc1C#N)C(=O)NCC(O)C1CC1. The average Bonchev–Trinajstić information content (AvgIpc) is 3.29. The Morgan fingerprint density at radius 2 is 2.25 bits per heavy atom. The van der Waals surface area contributed by atoms with Crippen LogP contribution in [-0.4, -0.2) is 29.8 Å². The number of para-hydroxylation sites is 1. The molecular weight excluding hydrogens is 256 g/mol. The van der Waals surface area contributed by atoms with Crippen molar-refractivity contribution in [3.05, 3.63) is 29.8 Å². The lowest BCUT2D eigenvalue weighted by molar-refractivity contribution is -0.127. The topological polar surface area (TPSA) is 82.3 Å². The summed E-state index contributed by atoms with van der Waals surface area (Å²) in [5, 5.41) is 21.3. The molecule has 0 spiro atoms. The largest absolute Gasteiger partial charge is 0.480 e. The minimum Gasteiger partial charge on any atom is -0.480 e. The molecule has 5 nitrogen and oxygen atoms in total. The van der Waals surface area contributed by atoms with E-state index in [-0.39, 0.29) is 12.5 Å². The minimum absolute atomic E-state index is 0.247. The summed E-state index contributed by atoms with van der Waals surface area (Å²) in [5.41, 5.74) is 0.394. The van der Waals surface area contributed by atoms with Crippen molar-refractivity contribution in [2.45, 2.75) is 32.0 Å². The van der Waals surface area contributed by atoms with Gasteiger partial charge in [0, 0.05) is 6.54 Å². The Labute approximate surface area is 118 Å². The summed E-state index contributed by atoms with van der Waals surface area (Å²) < 4.78 is 5.49. The molecule has 20 heavy (non-hydrogen) atoms. The van der Waals surface area contributed by atoms with Crippen LogP contribution >= 0.6 is 0 Å². The number of nitrogens with one attached hydrogen (secondary N) is 1. The van der Waals surface area contributed by atoms with E-state index in [1.54, 1.807) is 31.2 Å². The molecule has 1 fully saturated rings. The molecule has 1 amide bonds. The molecule has 0 aliphatic heterocycles. The fraction of sp³-hybridized carbons (Fsp3) is 0.467. The van der Waals surface area contributed by atoms with Crippen LogP contribution in [0.3, 0.4) is 0 Å². The van der Waals surface area contributed by atoms with Crippen molar-refractivity contribution in [3.8, 4) is 11.8 Å². The van der Waals surface area contributed by atoms with Gasteiger partial charge in [-0.15, -0.1) is 0 Å². The molecule has 2 unspecified atom stereocenters. The summed E-state index contributed by atoms with van der Waals surface area (Å²) in [4.78, 5) is 11.9. The van der Waals surface area contributed by atoms with Crippen molar-refractivity contribution >= 4 is 5.91 Å². The van der Waals surface area contributed by atoms with Crippen LogP contribution in [0.2, 0.25) is 0 Å². The van der Waals surface area contributed by atoms with Gasteiger partial charge in [0.15, 0.2) is 6.10 Å². The molecule has 1 aromatic carbocycles. The molecule has 1 aliphatic carbocycles. The van der Waals surface area contributed by atoms with Crippen molar-refractivity contribution in [1.29, 1.82) is 5.26 Å². The first-order valence-electron chi connectivity index (χ1n) is 6.73. The number of carbonyl (C=O) groups excluding carboxylic acids is 1. The quantitative estimate of drug-likeness (QED) is 0.817. The Morgan fingerprint density at radius 1 is 1.55 bits per heavy atom. The number of aliphatic hydroxyl groups excluding tert-OH is 1. The highest BCUT2D eigenvalue weighted by molar-refractivity contribution is 5.80. The van der Waals surface area contributed by atoms with E-state index in [0.29, 0.717) is 17.2 Å². The number of benzene rings is 1. The van der Waals surface area contributed by atoms with Gasteiger partial charge >= 0.3 is 0 Å². The third-order valence-corrected chi connectivity index (χ3v) is 3.33. The molecule has 5 heteroatoms. The van der Waals surface area contributed by atoms with E-state index in [0.717, 1.165) is 12.8 Å². The molecule has 2 rings (SSSR count). The van der Waals surface area contributed by atoms with Gasteiger partial charge in [-0.05, 0) is 37.8 Å². The van der Waals surface area contributed by atoms with E-state index in [2.05, 4.69) is 5.32 Å². The zero-order valence-corrected chi connectivity index (χ0v) is 11.4. The van der Waals surface area contributed by atoms with E-state index in [1.807, 2.05) is 6.07 Å². The second-order valence-corrected chi connectivity index (χ2v) is 5.02. The number of hydrogen-bond acceptors (Lipinski definition) is 4. The van der Waals surface area contributed by atoms with Gasteiger partial charge in [-0.3, -0.25) is 4.79 Å². The van der Waals surface area contributed by atoms with Crippen LogP contribution in [-0.2, 0) is 4.79 Å². The Kier molecular flexibility index (Phi) is 4.59. The Hall–Kier alpha value is -2.06. The normalized spacial score (nSPS) is 16.9. The molecule has 0 saturated heterocycles. The third-order valence-electron chi connectivity index (χ3n) is 3.33. The maximum atomic E-state index is 11.9. The smallest absolute Gasteiger partial charge is 0.260 e. The summed E-state index contributed by atoms with van der Waals surface area (Å²) in [6, 6.07) is 8.79. The van der Waals surface area contributed by atoms with E-state index in [1.165, 1.54) is 0 Å². The van der Waals surface area contributed by atoms with Gasteiger partial charge in [0.1, 0.15) is 11.8 Å². The lowest BCUT2D eigenvalue weighted by Crippen LogP contribution is -2.40. The predicted octanol–water partition coefficient (Wildman–Crippen LogP) is 1.21. The number of nitrogens with zero attached hydrogens (tertiary/aromatic N) is 1. The van der Waals surface area contributed by atoms with Gasteiger partial charge in [-0.2, -0.15) is 5.26 Å². The predicted molar refractivity (Wildman–Crippen MR) is 73.0 cm³/mol. The van der Waals surface area contributed by atoms with Crippen LogP contribution in [0.4, 0.5) is 0 Å². The number of carbonyl (C=O) groups is 1. The molecule has 2 atom stereocenters. The van der Waals surface area contributed by atoms with Gasteiger partial charge in [-0.1, -0.05) is 12.1 Å². The van der Waals surface area contributed by atoms with Gasteiger partial charge in [0.05, 0.1) is 11.7 Å². The van der Waals surface area contributed by atoms with Crippen LogP contribution in [0, 0.1) is 17.2 Å². The minimum atomic E-state index is -0.712. The Bertz CT molecular complexity index is 520. The summed E-state index contributed by atoms with van der Waals surface area (Å²) in [7, 11) is 0. The second-order valence-electron chi connectivity index (χ2n) is 5.02. The molecule has 0 radical (unpaired) electrons. The first-order chi connectivity index (χ1) is 9.61. The summed E-state index contributed by atoms with van der Waals surface area (Å²) in [5.74, 6) is 0.420. The molecule has 106 valence electrons. The highest BCUT2D eigenvalue weighted by Crippen LogP contribution is 2.32. The lowest BCUT2D eigenvalue weighted by Gasteiger charge is -2.17. The van der Waals surface area contributed by atoms with Gasteiger partial charge in [0.2, 0.25) is 0 Å². The van der Waals surface area contributed by atoms with Crippen LogP contribution < -0.4 is 10.1 Å². The molecular formula is C15H18N2O3. The number of ether oxygens (including phenoxy) is 1. The van der Waals surface area contributed by atoms with E-state index in [4.69, 9.17) is 10.00 Å². The Balaban J connectivity index is 1.85. The van der Waals surface area contributed by atoms with Crippen LogP contribution in [0.15, 0.2) is 24.3 Å². The van der Waals surface area contributed by atoms with Crippen molar-refractivity contribution in [2.75, 3.05) is 6.54 Å². The third kappa shape index (κ3) is 3.72. The second kappa shape index (κ2) is 6.40. The standard InChI is InChI=1S/C15H18N2O3/c1-10(15(19)17-9-13(18)11-6-7-11)20-14-5-3-2-4-12(14)8-16/h2-5,10-11,13,18H,6-7,9H2,1H3,(H,17,19). The average molecular weight is 274 g/mol. The van der Waals surface area contributed by atoms with Gasteiger partial charge in [0.25, 0.3) is 5.91 Å². The van der Waals surface area contributed by atoms with Gasteiger partial charge in [-0.25, -0.2) is 0 Å². The van der Waals surface area contributed by atoms with Crippen LogP contribution in [0.5, 0.6) is 5.75 Å². The van der Waals surface area contributed by atoms with E-state index < -0.39 is 12.2 Å². The first-order valence-corrected chi connectivity index (χ1v) is 6.73. The Morgan fingerprint density at radius 3 is 2.90 bits per heavy atom. The maximum Gasteiger partial charge on any atom is 0.260 e. The van der Waals surface area contributed by atoms with Crippen molar-refractivity contribution < 1.29 is 14.6 Å². The van der Waals surface area contributed by atoms with Crippen molar-refractivity contribution in [1.82, 2.24) is 5.32 Å². The molecule has 1 aliphatic rings. The fourth-order valence-corrected chi connectivity index (χ4v) is 1.90. The summed E-state index contributed by atoms with van der Waals surface area (Å²) in [6.07, 6.45) is 0.866. The monoisotopic (exact) mass is 274 g/mol. The van der Waals surface area contributed by atoms with Crippen LogP contribution in [0.25, 0.3) is 0 Å². The number of aliphatic hydroxyl groups is 1. The highest BCUT2D eigenvalue weighted by Gasteiger charge is 2.30. The number of hydrogen-bond donors (Lipinski definition) is 2. The van der Waals surface area contributed by atoms with Gasteiger partial charge < -0.3 is 15.2 Å². The zero-order chi connectivity index (χ0) is 14.5. The van der Waals surface area contributed by atoms with Crippen LogP contribution in [0.1, 0.15) is 25.3 Å². The van der Waals surface area contributed by atoms with Crippen molar-refractivity contribution in [2.24, 2.45) is 5.92 Å². The highest BCUT2D eigenvalue weighted by atomic mass is 16.5. The van der Waals surface area contributed by atoms with Crippen molar-refractivity contribution in [3.63, 3.8) is 0 Å². The number of amides is 1. The lowest BCUT2D eigenvalue weighted by atomic mass is 10.2. The maximum absolute atomic E-state index is 11.9. The molecule has 1 aromatic rings. The molecule has 1 saturated carbocycles. The summed E-state index contributed by atoms with van der Waals surface area (Å²) >= 11 is 0. The van der Waals surface area contributed by atoms with E-state index >= 15 is 0 Å². The molecule has 0 aromatic heterocycles. The summed E-state index contributed by atoms with van der Waals surface area (Å²) in [6.45, 7) is 1.87. The number of rotatable bonds is 6. The zero-order valence-electron chi connectivity index (χ0n) is 11.4. The molecule has 0 bridgehead atoms. The van der Waals surface area contributed by atoms with E-state index in [9.17, 15) is 9.90 Å². The fourth-order valence-electron chi connectivity index (χ4n) is 1.90. The molecule has 2 N–H and O–H groups in total. The number of nitriles is 1. The first kappa shape index (κ1) is 14.4. The molecule has 0 heterocycles.